The molecular weight excluding hydrogens is 352 g/mol. The molecule has 0 aliphatic rings. The molecule has 2 aromatic carbocycles. The van der Waals surface area contributed by atoms with E-state index in [0.717, 1.165) is 33.6 Å². The first-order valence-electron chi connectivity index (χ1n) is 8.65. The third kappa shape index (κ3) is 4.27. The molecule has 2 N–H and O–H groups in total. The number of benzene rings is 2. The molecule has 0 amide bonds. The van der Waals surface area contributed by atoms with E-state index in [1.165, 1.54) is 0 Å². The van der Waals surface area contributed by atoms with Gasteiger partial charge in [0.15, 0.2) is 0 Å². The van der Waals surface area contributed by atoms with Gasteiger partial charge in [0.1, 0.15) is 5.69 Å². The van der Waals surface area contributed by atoms with Crippen molar-refractivity contribution >= 4 is 12.6 Å². The molecule has 136 valence electrons. The highest BCUT2D eigenvalue weighted by Gasteiger charge is 2.14. The first-order chi connectivity index (χ1) is 13.3. The van der Waals surface area contributed by atoms with Crippen molar-refractivity contribution in [3.8, 4) is 28.1 Å². The zero-order chi connectivity index (χ0) is 19.1. The maximum absolute atomic E-state index is 5.72. The van der Waals surface area contributed by atoms with Crippen LogP contribution in [0.15, 0.2) is 85.3 Å². The van der Waals surface area contributed by atoms with E-state index in [2.05, 4.69) is 48.1 Å². The molecule has 0 unspecified atom stereocenters. The van der Waals surface area contributed by atoms with Gasteiger partial charge in [-0.3, -0.25) is 4.98 Å². The van der Waals surface area contributed by atoms with Gasteiger partial charge < -0.3 is 5.73 Å². The van der Waals surface area contributed by atoms with E-state index in [9.17, 15) is 0 Å². The van der Waals surface area contributed by atoms with E-state index < -0.39 is 0 Å². The van der Waals surface area contributed by atoms with Gasteiger partial charge in [0.25, 0.3) is 0 Å². The highest BCUT2D eigenvalue weighted by molar-refractivity contribution is 7.79. The first-order valence-corrected chi connectivity index (χ1v) is 9.54. The fourth-order valence-corrected chi connectivity index (χ4v) is 2.84. The van der Waals surface area contributed by atoms with Crippen molar-refractivity contribution < 1.29 is 0 Å². The van der Waals surface area contributed by atoms with E-state index in [1.54, 1.807) is 18.6 Å². The van der Waals surface area contributed by atoms with Crippen LogP contribution in [0.25, 0.3) is 28.1 Å². The van der Waals surface area contributed by atoms with Gasteiger partial charge in [-0.25, -0.2) is 4.68 Å². The lowest BCUT2D eigenvalue weighted by atomic mass is 10.0. The molecule has 4 rings (SSSR count). The molecule has 2 heterocycles. The Labute approximate surface area is 165 Å². The Bertz CT molecular complexity index is 964. The number of aromatic nitrogens is 3. The summed E-state index contributed by atoms with van der Waals surface area (Å²) in [6.07, 6.45) is 7.35. The molecule has 0 saturated heterocycles. The molecule has 0 fully saturated rings. The van der Waals surface area contributed by atoms with Crippen molar-refractivity contribution in [1.29, 1.82) is 0 Å². The predicted octanol–water partition coefficient (Wildman–Crippen LogP) is 4.61. The molecule has 0 radical (unpaired) electrons. The molecule has 0 spiro atoms. The largest absolute Gasteiger partial charge is 0.326 e. The van der Waals surface area contributed by atoms with E-state index in [1.807, 2.05) is 47.1 Å². The molecule has 0 saturated carbocycles. The summed E-state index contributed by atoms with van der Waals surface area (Å²) in [5.41, 5.74) is 12.0. The van der Waals surface area contributed by atoms with Gasteiger partial charge in [-0.15, -0.1) is 0 Å². The fraction of sp³-hybridized carbons (Fsp3) is 0.0909. The second-order valence-electron chi connectivity index (χ2n) is 5.81. The smallest absolute Gasteiger partial charge is 0.101 e. The third-order valence-electron chi connectivity index (χ3n) is 4.19. The average molecular weight is 375 g/mol. The summed E-state index contributed by atoms with van der Waals surface area (Å²) in [7, 11) is 0. The zero-order valence-electron chi connectivity index (χ0n) is 15.2. The fourth-order valence-electron chi connectivity index (χ4n) is 2.84. The maximum Gasteiger partial charge on any atom is 0.101 e. The lowest BCUT2D eigenvalue weighted by Gasteiger charge is -2.03. The number of hydrogen-bond acceptors (Lipinski definition) is 4. The number of thiol groups is 1. The minimum absolute atomic E-state index is 0.542. The molecule has 27 heavy (non-hydrogen) atoms. The van der Waals surface area contributed by atoms with E-state index >= 15 is 0 Å². The maximum atomic E-state index is 5.72. The molecule has 0 aliphatic heterocycles. The van der Waals surface area contributed by atoms with Crippen LogP contribution in [0, 0.1) is 0 Å². The van der Waals surface area contributed by atoms with Gasteiger partial charge >= 0.3 is 0 Å². The summed E-state index contributed by atoms with van der Waals surface area (Å²) < 4.78 is 1.92. The monoisotopic (exact) mass is 374 g/mol. The second-order valence-corrected chi connectivity index (χ2v) is 5.81. The van der Waals surface area contributed by atoms with Crippen LogP contribution in [0.4, 0.5) is 0 Å². The van der Waals surface area contributed by atoms with Crippen LogP contribution in [0.2, 0.25) is 0 Å². The summed E-state index contributed by atoms with van der Waals surface area (Å²) in [5, 5.41) is 4.83. The number of pyridine rings is 1. The minimum Gasteiger partial charge on any atom is -0.326 e. The van der Waals surface area contributed by atoms with Crippen LogP contribution in [-0.2, 0) is 6.54 Å². The van der Waals surface area contributed by atoms with E-state index in [4.69, 9.17) is 10.8 Å². The summed E-state index contributed by atoms with van der Waals surface area (Å²) >= 11 is 3.53. The molecule has 4 aromatic rings. The van der Waals surface area contributed by atoms with Gasteiger partial charge in [0.2, 0.25) is 0 Å². The number of rotatable bonds is 4. The Kier molecular flexibility index (Phi) is 6.41. The lowest BCUT2D eigenvalue weighted by molar-refractivity contribution is 0.884. The third-order valence-corrected chi connectivity index (χ3v) is 4.19. The summed E-state index contributed by atoms with van der Waals surface area (Å²) in [6, 6.07) is 22.4. The van der Waals surface area contributed by atoms with Crippen LogP contribution >= 0.6 is 12.6 Å². The summed E-state index contributed by atoms with van der Waals surface area (Å²) in [6.45, 7) is 0.542. The van der Waals surface area contributed by atoms with Crippen molar-refractivity contribution in [2.24, 2.45) is 5.73 Å². The Balaban J connectivity index is 0.00000102. The van der Waals surface area contributed by atoms with Crippen molar-refractivity contribution in [1.82, 2.24) is 14.8 Å². The van der Waals surface area contributed by atoms with Gasteiger partial charge in [-0.1, -0.05) is 42.5 Å². The molecule has 2 aromatic heterocycles. The predicted molar refractivity (Wildman–Crippen MR) is 115 cm³/mol. The SMILES string of the molecule is CS.NCc1ccc(-c2cn(-c3ccccc3)nc2-c2ccncc2)cc1. The van der Waals surface area contributed by atoms with Crippen molar-refractivity contribution in [3.63, 3.8) is 0 Å². The number of nitrogens with zero attached hydrogens (tertiary/aromatic N) is 3. The number of para-hydroxylation sites is 1. The summed E-state index contributed by atoms with van der Waals surface area (Å²) in [5.74, 6) is 0. The molecule has 4 nitrogen and oxygen atoms in total. The molecule has 0 atom stereocenters. The van der Waals surface area contributed by atoms with Crippen molar-refractivity contribution in [2.45, 2.75) is 6.54 Å². The van der Waals surface area contributed by atoms with E-state index in [0.29, 0.717) is 6.54 Å². The quantitative estimate of drug-likeness (QED) is 0.513. The van der Waals surface area contributed by atoms with Crippen molar-refractivity contribution in [3.05, 3.63) is 90.9 Å². The minimum atomic E-state index is 0.542. The molecule has 5 heteroatoms. The highest BCUT2D eigenvalue weighted by Crippen LogP contribution is 2.32. The van der Waals surface area contributed by atoms with Gasteiger partial charge in [-0.2, -0.15) is 17.7 Å². The standard InChI is InChI=1S/C21H18N4.CH4S/c22-14-16-6-8-17(9-7-16)20-15-25(19-4-2-1-3-5-19)24-21(20)18-10-12-23-13-11-18;1-2/h1-13,15H,14,22H2;2H,1H3. The normalized spacial score (nSPS) is 10.2. The second kappa shape index (κ2) is 9.16. The topological polar surface area (TPSA) is 56.7 Å². The van der Waals surface area contributed by atoms with Crippen LogP contribution < -0.4 is 5.73 Å². The zero-order valence-corrected chi connectivity index (χ0v) is 16.1. The van der Waals surface area contributed by atoms with Gasteiger partial charge in [-0.05, 0) is 41.6 Å². The van der Waals surface area contributed by atoms with Crippen LogP contribution in [-0.4, -0.2) is 21.0 Å². The number of nitrogens with two attached hydrogens (primary N) is 1. The molecule has 0 bridgehead atoms. The van der Waals surface area contributed by atoms with Crippen molar-refractivity contribution in [2.75, 3.05) is 6.26 Å². The Morgan fingerprint density at radius 1 is 0.852 bits per heavy atom. The van der Waals surface area contributed by atoms with Crippen LogP contribution in [0.1, 0.15) is 5.56 Å². The lowest BCUT2D eigenvalue weighted by Crippen LogP contribution is -1.95. The van der Waals surface area contributed by atoms with E-state index in [-0.39, 0.29) is 0 Å². The Hall–Kier alpha value is -2.89. The first kappa shape index (κ1) is 18.9. The van der Waals surface area contributed by atoms with Gasteiger partial charge in [0, 0.05) is 36.3 Å². The highest BCUT2D eigenvalue weighted by atomic mass is 32.1. The molecular formula is C22H22N4S. The van der Waals surface area contributed by atoms with Crippen LogP contribution in [0.5, 0.6) is 0 Å². The number of hydrogen-bond donors (Lipinski definition) is 2. The Morgan fingerprint density at radius 2 is 1.52 bits per heavy atom. The van der Waals surface area contributed by atoms with Gasteiger partial charge in [0.05, 0.1) is 5.69 Å². The molecule has 0 aliphatic carbocycles. The van der Waals surface area contributed by atoms with Crippen LogP contribution in [0.3, 0.4) is 0 Å². The Morgan fingerprint density at radius 3 is 2.15 bits per heavy atom. The average Bonchev–Trinajstić information content (AvgIpc) is 3.22. The summed E-state index contributed by atoms with van der Waals surface area (Å²) in [4.78, 5) is 4.11.